The number of carbonyl (C=O) groups is 1. The summed E-state index contributed by atoms with van der Waals surface area (Å²) in [6.07, 6.45) is 3.03. The molecule has 6 heteroatoms. The van der Waals surface area contributed by atoms with Crippen molar-refractivity contribution in [3.05, 3.63) is 29.8 Å². The Labute approximate surface area is 127 Å². The predicted octanol–water partition coefficient (Wildman–Crippen LogP) is 1.83. The van der Waals surface area contributed by atoms with Crippen LogP contribution >= 0.6 is 0 Å². The zero-order valence-corrected chi connectivity index (χ0v) is 13.7. The van der Waals surface area contributed by atoms with E-state index in [1.165, 1.54) is 7.05 Å². The predicted molar refractivity (Wildman–Crippen MR) is 83.5 cm³/mol. The Morgan fingerprint density at radius 3 is 2.38 bits per heavy atom. The zero-order valence-electron chi connectivity index (χ0n) is 12.8. The highest BCUT2D eigenvalue weighted by molar-refractivity contribution is 7.89. The van der Waals surface area contributed by atoms with Gasteiger partial charge in [0, 0.05) is 12.5 Å². The summed E-state index contributed by atoms with van der Waals surface area (Å²) in [6, 6.07) is 6.79. The smallest absolute Gasteiger partial charge is 0.240 e. The van der Waals surface area contributed by atoms with Crippen molar-refractivity contribution in [2.45, 2.75) is 50.5 Å². The second kappa shape index (κ2) is 8.14. The second-order valence-electron chi connectivity index (χ2n) is 5.11. The maximum Gasteiger partial charge on any atom is 0.240 e. The molecule has 1 atom stereocenters. The number of hydrogen-bond donors (Lipinski definition) is 2. The lowest BCUT2D eigenvalue weighted by Gasteiger charge is -2.12. The Balaban J connectivity index is 2.52. The molecular weight excluding hydrogens is 288 g/mol. The molecule has 118 valence electrons. The van der Waals surface area contributed by atoms with E-state index >= 15 is 0 Å². The van der Waals surface area contributed by atoms with Gasteiger partial charge in [-0.3, -0.25) is 4.79 Å². The van der Waals surface area contributed by atoms with E-state index < -0.39 is 10.0 Å². The summed E-state index contributed by atoms with van der Waals surface area (Å²) in [5.74, 6) is 0.0304. The van der Waals surface area contributed by atoms with E-state index in [0.29, 0.717) is 12.8 Å². The summed E-state index contributed by atoms with van der Waals surface area (Å²) in [5.41, 5.74) is 0.948. The Morgan fingerprint density at radius 2 is 1.86 bits per heavy atom. The maximum absolute atomic E-state index is 11.8. The molecule has 1 amide bonds. The van der Waals surface area contributed by atoms with Gasteiger partial charge in [-0.1, -0.05) is 25.5 Å². The van der Waals surface area contributed by atoms with Gasteiger partial charge in [0.25, 0.3) is 0 Å². The minimum absolute atomic E-state index is 0.0304. The summed E-state index contributed by atoms with van der Waals surface area (Å²) in [4.78, 5) is 12.0. The number of hydrogen-bond acceptors (Lipinski definition) is 3. The van der Waals surface area contributed by atoms with Gasteiger partial charge in [0.1, 0.15) is 0 Å². The van der Waals surface area contributed by atoms with Crippen LogP contribution in [-0.4, -0.2) is 27.4 Å². The zero-order chi connectivity index (χ0) is 15.9. The van der Waals surface area contributed by atoms with Gasteiger partial charge >= 0.3 is 0 Å². The van der Waals surface area contributed by atoms with Crippen molar-refractivity contribution < 1.29 is 13.2 Å². The summed E-state index contributed by atoms with van der Waals surface area (Å²) in [6.45, 7) is 4.09. The molecule has 2 N–H and O–H groups in total. The van der Waals surface area contributed by atoms with Crippen LogP contribution in [0.4, 0.5) is 0 Å². The Morgan fingerprint density at radius 1 is 1.24 bits per heavy atom. The van der Waals surface area contributed by atoms with Crippen LogP contribution < -0.4 is 10.0 Å². The fourth-order valence-corrected chi connectivity index (χ4v) is 2.79. The molecule has 0 heterocycles. The number of benzene rings is 1. The van der Waals surface area contributed by atoms with Crippen LogP contribution in [0.3, 0.4) is 0 Å². The molecule has 0 aliphatic carbocycles. The molecule has 0 bridgehead atoms. The van der Waals surface area contributed by atoms with E-state index in [1.54, 1.807) is 24.3 Å². The summed E-state index contributed by atoms with van der Waals surface area (Å²) >= 11 is 0. The van der Waals surface area contributed by atoms with Crippen LogP contribution in [0.1, 0.15) is 38.7 Å². The van der Waals surface area contributed by atoms with Crippen molar-refractivity contribution in [3.8, 4) is 0 Å². The molecule has 0 spiro atoms. The van der Waals surface area contributed by atoms with Gasteiger partial charge in [-0.2, -0.15) is 0 Å². The standard InChI is InChI=1S/C15H24N2O3S/c1-4-5-12(2)17-15(18)11-8-13-6-9-14(10-7-13)21(19,20)16-3/h6-7,9-10,12,16H,4-5,8,11H2,1-3H3,(H,17,18)/t12-/m1/s1. The molecule has 0 fully saturated rings. The normalized spacial score (nSPS) is 12.9. The molecular formula is C15H24N2O3S. The van der Waals surface area contributed by atoms with Crippen LogP contribution in [0, 0.1) is 0 Å². The minimum Gasteiger partial charge on any atom is -0.354 e. The van der Waals surface area contributed by atoms with E-state index in [1.807, 2.05) is 6.92 Å². The third-order valence-electron chi connectivity index (χ3n) is 3.27. The molecule has 0 saturated carbocycles. The molecule has 1 rings (SSSR count). The van der Waals surface area contributed by atoms with Crippen LogP contribution in [-0.2, 0) is 21.2 Å². The molecule has 0 aliphatic heterocycles. The van der Waals surface area contributed by atoms with Gasteiger partial charge in [-0.05, 0) is 44.5 Å². The van der Waals surface area contributed by atoms with Crippen LogP contribution in [0.15, 0.2) is 29.2 Å². The van der Waals surface area contributed by atoms with Gasteiger partial charge in [0.05, 0.1) is 4.90 Å². The third-order valence-corrected chi connectivity index (χ3v) is 4.70. The Hall–Kier alpha value is -1.40. The quantitative estimate of drug-likeness (QED) is 0.769. The average molecular weight is 312 g/mol. The Kier molecular flexibility index (Phi) is 6.84. The summed E-state index contributed by atoms with van der Waals surface area (Å²) in [7, 11) is -2.02. The fourth-order valence-electron chi connectivity index (χ4n) is 2.06. The minimum atomic E-state index is -3.40. The molecule has 1 aromatic rings. The number of amides is 1. The highest BCUT2D eigenvalue weighted by atomic mass is 32.2. The number of rotatable bonds is 8. The average Bonchev–Trinajstić information content (AvgIpc) is 2.45. The molecule has 0 saturated heterocycles. The number of carbonyl (C=O) groups excluding carboxylic acids is 1. The largest absolute Gasteiger partial charge is 0.354 e. The van der Waals surface area contributed by atoms with Crippen molar-refractivity contribution in [3.63, 3.8) is 0 Å². The van der Waals surface area contributed by atoms with Gasteiger partial charge < -0.3 is 5.32 Å². The van der Waals surface area contributed by atoms with Gasteiger partial charge in [-0.15, -0.1) is 0 Å². The lowest BCUT2D eigenvalue weighted by molar-refractivity contribution is -0.121. The summed E-state index contributed by atoms with van der Waals surface area (Å²) < 4.78 is 25.4. The van der Waals surface area contributed by atoms with Crippen molar-refractivity contribution in [2.24, 2.45) is 0 Å². The number of nitrogens with one attached hydrogen (secondary N) is 2. The highest BCUT2D eigenvalue weighted by Crippen LogP contribution is 2.11. The first kappa shape index (κ1) is 17.7. The molecule has 0 unspecified atom stereocenters. The van der Waals surface area contributed by atoms with E-state index in [-0.39, 0.29) is 16.8 Å². The van der Waals surface area contributed by atoms with E-state index in [0.717, 1.165) is 18.4 Å². The van der Waals surface area contributed by atoms with Crippen molar-refractivity contribution in [1.29, 1.82) is 0 Å². The third kappa shape index (κ3) is 5.85. The first-order valence-electron chi connectivity index (χ1n) is 7.21. The SMILES string of the molecule is CCC[C@@H](C)NC(=O)CCc1ccc(S(=O)(=O)NC)cc1. The molecule has 1 aromatic carbocycles. The van der Waals surface area contributed by atoms with Crippen molar-refractivity contribution in [1.82, 2.24) is 10.0 Å². The topological polar surface area (TPSA) is 75.3 Å². The van der Waals surface area contributed by atoms with Crippen molar-refractivity contribution >= 4 is 15.9 Å². The lowest BCUT2D eigenvalue weighted by Crippen LogP contribution is -2.32. The lowest BCUT2D eigenvalue weighted by atomic mass is 10.1. The van der Waals surface area contributed by atoms with Gasteiger partial charge in [0.2, 0.25) is 15.9 Å². The number of aryl methyl sites for hydroxylation is 1. The van der Waals surface area contributed by atoms with Crippen molar-refractivity contribution in [2.75, 3.05) is 7.05 Å². The van der Waals surface area contributed by atoms with Crippen LogP contribution in [0.5, 0.6) is 0 Å². The maximum atomic E-state index is 11.8. The Bertz CT molecular complexity index is 553. The van der Waals surface area contributed by atoms with E-state index in [9.17, 15) is 13.2 Å². The highest BCUT2D eigenvalue weighted by Gasteiger charge is 2.11. The van der Waals surface area contributed by atoms with Crippen LogP contribution in [0.2, 0.25) is 0 Å². The van der Waals surface area contributed by atoms with E-state index in [2.05, 4.69) is 17.0 Å². The second-order valence-corrected chi connectivity index (χ2v) is 7.00. The van der Waals surface area contributed by atoms with Crippen LogP contribution in [0.25, 0.3) is 0 Å². The molecule has 21 heavy (non-hydrogen) atoms. The molecule has 0 radical (unpaired) electrons. The fraction of sp³-hybridized carbons (Fsp3) is 0.533. The molecule has 0 aromatic heterocycles. The molecule has 0 aliphatic rings. The first-order chi connectivity index (χ1) is 9.89. The monoisotopic (exact) mass is 312 g/mol. The van der Waals surface area contributed by atoms with E-state index in [4.69, 9.17) is 0 Å². The first-order valence-corrected chi connectivity index (χ1v) is 8.69. The summed E-state index contributed by atoms with van der Waals surface area (Å²) in [5, 5.41) is 2.95. The molecule has 5 nitrogen and oxygen atoms in total. The van der Waals surface area contributed by atoms with Gasteiger partial charge in [-0.25, -0.2) is 13.1 Å². The number of sulfonamides is 1. The van der Waals surface area contributed by atoms with Gasteiger partial charge in [0.15, 0.2) is 0 Å².